The minimum absolute atomic E-state index is 0.271. The Balaban J connectivity index is 1.72. The molecule has 0 fully saturated rings. The maximum absolute atomic E-state index is 11.8. The van der Waals surface area contributed by atoms with Gasteiger partial charge in [-0.1, -0.05) is 48.5 Å². The number of rotatable bonds is 10. The monoisotopic (exact) mass is 386 g/mol. The van der Waals surface area contributed by atoms with Crippen LogP contribution >= 0.6 is 31.5 Å². The molecule has 24 heavy (non-hydrogen) atoms. The quantitative estimate of drug-likeness (QED) is 0.406. The van der Waals surface area contributed by atoms with E-state index in [1.807, 2.05) is 48.5 Å². The summed E-state index contributed by atoms with van der Waals surface area (Å²) in [6.45, 7) is 0.543. The fourth-order valence-corrected chi connectivity index (χ4v) is 3.24. The van der Waals surface area contributed by atoms with Gasteiger partial charge in [-0.15, -0.1) is 23.2 Å². The Bertz CT molecular complexity index is 574. The van der Waals surface area contributed by atoms with Gasteiger partial charge in [-0.2, -0.15) is 0 Å². The summed E-state index contributed by atoms with van der Waals surface area (Å²) >= 11 is 11.4. The molecule has 0 unspecified atom stereocenters. The molecule has 0 atom stereocenters. The van der Waals surface area contributed by atoms with E-state index in [0.29, 0.717) is 11.8 Å². The van der Waals surface area contributed by atoms with Crippen LogP contribution in [-0.4, -0.2) is 11.8 Å². The highest BCUT2D eigenvalue weighted by molar-refractivity contribution is 7.33. The van der Waals surface area contributed by atoms with E-state index >= 15 is 0 Å². The molecule has 0 aliphatic carbocycles. The highest BCUT2D eigenvalue weighted by Gasteiger charge is 2.03. The number of hydrogen-bond donors (Lipinski definition) is 0. The topological polar surface area (TPSA) is 35.5 Å². The van der Waals surface area contributed by atoms with Gasteiger partial charge in [0.15, 0.2) is 0 Å². The summed E-state index contributed by atoms with van der Waals surface area (Å²) in [6.07, 6.45) is 1.68. The molecule has 0 saturated heterocycles. The first-order chi connectivity index (χ1) is 11.7. The zero-order chi connectivity index (χ0) is 17.2. The Kier molecular flexibility index (Phi) is 8.87. The fraction of sp³-hybridized carbons (Fsp3) is 0.333. The van der Waals surface area contributed by atoms with Crippen LogP contribution in [0.4, 0.5) is 0 Å². The van der Waals surface area contributed by atoms with E-state index in [0.717, 1.165) is 24.0 Å². The largest absolute Gasteiger partial charge is 0.319 e. The summed E-state index contributed by atoms with van der Waals surface area (Å²) in [4.78, 5) is 0. The van der Waals surface area contributed by atoms with Crippen LogP contribution < -0.4 is 0 Å². The van der Waals surface area contributed by atoms with Gasteiger partial charge in [0.2, 0.25) is 0 Å². The maximum Gasteiger partial charge on any atom is 0.319 e. The van der Waals surface area contributed by atoms with Crippen molar-refractivity contribution in [1.29, 1.82) is 0 Å². The van der Waals surface area contributed by atoms with Crippen molar-refractivity contribution >= 4 is 31.5 Å². The zero-order valence-corrected chi connectivity index (χ0v) is 15.9. The number of alkyl halides is 2. The van der Waals surface area contributed by atoms with Crippen molar-refractivity contribution in [2.75, 3.05) is 11.8 Å². The van der Waals surface area contributed by atoms with E-state index in [1.165, 1.54) is 11.1 Å². The lowest BCUT2D eigenvalue weighted by molar-refractivity contribution is 0.213. The summed E-state index contributed by atoms with van der Waals surface area (Å²) < 4.78 is 22.4. The van der Waals surface area contributed by atoms with Gasteiger partial charge in [0.25, 0.3) is 0 Å². The molecular formula is C18H21Cl2O3P. The summed E-state index contributed by atoms with van der Waals surface area (Å²) in [5.41, 5.74) is 4.27. The molecule has 0 saturated carbocycles. The molecule has 2 rings (SSSR count). The molecule has 0 spiro atoms. The molecule has 0 aliphatic rings. The predicted octanol–water partition coefficient (Wildman–Crippen LogP) is 5.37. The Morgan fingerprint density at radius 3 is 1.33 bits per heavy atom. The lowest BCUT2D eigenvalue weighted by atomic mass is 10.1. The highest BCUT2D eigenvalue weighted by atomic mass is 35.5. The molecule has 130 valence electrons. The Labute approximate surface area is 153 Å². The van der Waals surface area contributed by atoms with Crippen LogP contribution in [0.1, 0.15) is 22.3 Å². The van der Waals surface area contributed by atoms with Crippen LogP contribution in [0, 0.1) is 0 Å². The van der Waals surface area contributed by atoms with E-state index in [-0.39, 0.29) is 13.2 Å². The molecule has 0 radical (unpaired) electrons. The van der Waals surface area contributed by atoms with Crippen LogP contribution in [-0.2, 0) is 39.7 Å². The average molecular weight is 387 g/mol. The maximum atomic E-state index is 11.8. The van der Waals surface area contributed by atoms with Crippen LogP contribution in [0.15, 0.2) is 48.5 Å². The normalized spacial score (nSPS) is 11.1. The molecule has 2 aromatic carbocycles. The van der Waals surface area contributed by atoms with Crippen LogP contribution in [0.2, 0.25) is 0 Å². The first kappa shape index (κ1) is 19.5. The summed E-state index contributed by atoms with van der Waals surface area (Å²) in [7, 11) is -2.52. The van der Waals surface area contributed by atoms with Crippen molar-refractivity contribution < 1.29 is 13.6 Å². The Hall–Kier alpha value is -0.830. The third-order valence-electron chi connectivity index (χ3n) is 3.53. The van der Waals surface area contributed by atoms with Crippen molar-refractivity contribution in [3.63, 3.8) is 0 Å². The summed E-state index contributed by atoms with van der Waals surface area (Å²) in [5.74, 6) is 1.20. The van der Waals surface area contributed by atoms with Crippen molar-refractivity contribution in [3.05, 3.63) is 70.8 Å². The summed E-state index contributed by atoms with van der Waals surface area (Å²) in [5, 5.41) is 0. The van der Waals surface area contributed by atoms with Gasteiger partial charge in [0.1, 0.15) is 0 Å². The van der Waals surface area contributed by atoms with Gasteiger partial charge in [-0.05, 0) is 35.1 Å². The number of aryl methyl sites for hydroxylation is 2. The second-order valence-electron chi connectivity index (χ2n) is 5.34. The number of halogens is 2. The molecule has 3 nitrogen and oxygen atoms in total. The van der Waals surface area contributed by atoms with Crippen LogP contribution in [0.3, 0.4) is 0 Å². The second kappa shape index (κ2) is 10.9. The van der Waals surface area contributed by atoms with Crippen LogP contribution in [0.25, 0.3) is 0 Å². The highest BCUT2D eigenvalue weighted by Crippen LogP contribution is 2.27. The third kappa shape index (κ3) is 6.96. The summed E-state index contributed by atoms with van der Waals surface area (Å²) in [6, 6.07) is 15.8. The Morgan fingerprint density at radius 1 is 0.667 bits per heavy atom. The minimum atomic E-state index is -2.52. The molecule has 0 aliphatic heterocycles. The van der Waals surface area contributed by atoms with Gasteiger partial charge >= 0.3 is 8.25 Å². The number of benzene rings is 2. The van der Waals surface area contributed by atoms with Crippen molar-refractivity contribution in [2.45, 2.75) is 26.1 Å². The third-order valence-corrected chi connectivity index (χ3v) is 4.66. The molecule has 6 heteroatoms. The van der Waals surface area contributed by atoms with Gasteiger partial charge in [-0.3, -0.25) is 4.57 Å². The van der Waals surface area contributed by atoms with Gasteiger partial charge in [-0.25, -0.2) is 0 Å². The smallest absolute Gasteiger partial charge is 0.306 e. The molecule has 0 amide bonds. The Morgan fingerprint density at radius 2 is 1.00 bits per heavy atom. The number of hydrogen-bond acceptors (Lipinski definition) is 3. The molecule has 0 heterocycles. The zero-order valence-electron chi connectivity index (χ0n) is 13.3. The standard InChI is InChI=1S/C18H21Cl2O3P/c19-11-9-15-1-5-17(6-2-15)13-22-24(21)23-14-18-7-3-16(4-8-18)10-12-20/h1-8,24H,9-14H2. The first-order valence-corrected chi connectivity index (χ1v) is 10.1. The van der Waals surface area contributed by atoms with Crippen LogP contribution in [0.5, 0.6) is 0 Å². The van der Waals surface area contributed by atoms with E-state index in [9.17, 15) is 4.57 Å². The van der Waals surface area contributed by atoms with Gasteiger partial charge in [0.05, 0.1) is 13.2 Å². The van der Waals surface area contributed by atoms with Gasteiger partial charge < -0.3 is 9.05 Å². The lowest BCUT2D eigenvalue weighted by Gasteiger charge is -2.07. The first-order valence-electron chi connectivity index (χ1n) is 7.78. The SMILES string of the molecule is O=[PH](OCc1ccc(CCCl)cc1)OCc1ccc(CCCl)cc1. The fourth-order valence-electron chi connectivity index (χ4n) is 2.15. The van der Waals surface area contributed by atoms with Crippen molar-refractivity contribution in [2.24, 2.45) is 0 Å². The minimum Gasteiger partial charge on any atom is -0.306 e. The molecular weight excluding hydrogens is 366 g/mol. The second-order valence-corrected chi connectivity index (χ2v) is 7.17. The van der Waals surface area contributed by atoms with E-state index in [4.69, 9.17) is 32.2 Å². The molecule has 0 bridgehead atoms. The molecule has 0 N–H and O–H groups in total. The average Bonchev–Trinajstić information content (AvgIpc) is 2.61. The predicted molar refractivity (Wildman–Crippen MR) is 100 cm³/mol. The van der Waals surface area contributed by atoms with Crippen molar-refractivity contribution in [1.82, 2.24) is 0 Å². The van der Waals surface area contributed by atoms with E-state index in [2.05, 4.69) is 0 Å². The van der Waals surface area contributed by atoms with Gasteiger partial charge in [0, 0.05) is 11.8 Å². The van der Waals surface area contributed by atoms with E-state index < -0.39 is 8.25 Å². The molecule has 0 aromatic heterocycles. The van der Waals surface area contributed by atoms with E-state index in [1.54, 1.807) is 0 Å². The van der Waals surface area contributed by atoms with Crippen molar-refractivity contribution in [3.8, 4) is 0 Å². The lowest BCUT2D eigenvalue weighted by Crippen LogP contribution is -1.92. The molecule has 2 aromatic rings.